The second-order valence-electron chi connectivity index (χ2n) is 6.51. The molecule has 2 aromatic rings. The second kappa shape index (κ2) is 14.8. The van der Waals surface area contributed by atoms with Gasteiger partial charge >= 0.3 is 0 Å². The molecule has 2 rings (SSSR count). The maximum Gasteiger partial charge on any atom is 0.119 e. The van der Waals surface area contributed by atoms with Crippen LogP contribution in [0.2, 0.25) is 0 Å². The number of hydrogen-bond donors (Lipinski definition) is 2. The molecule has 0 spiro atoms. The van der Waals surface area contributed by atoms with Crippen LogP contribution in [0.15, 0.2) is 48.5 Å². The van der Waals surface area contributed by atoms with Gasteiger partial charge in [-0.25, -0.2) is 0 Å². The second-order valence-corrected chi connectivity index (χ2v) is 6.51. The molecule has 0 aliphatic heterocycles. The van der Waals surface area contributed by atoms with Crippen LogP contribution in [0.25, 0.3) is 0 Å². The Balaban J connectivity index is 1.61. The van der Waals surface area contributed by atoms with Crippen molar-refractivity contribution in [2.75, 3.05) is 52.9 Å². The van der Waals surface area contributed by atoms with Gasteiger partial charge in [0, 0.05) is 0 Å². The number of rotatable bonds is 16. The van der Waals surface area contributed by atoms with E-state index in [4.69, 9.17) is 29.2 Å². The van der Waals surface area contributed by atoms with E-state index in [9.17, 15) is 0 Å². The van der Waals surface area contributed by atoms with Crippen LogP contribution in [0, 0.1) is 0 Å². The number of ether oxygens (including phenoxy) is 4. The molecular formula is C23H32O6. The zero-order valence-corrected chi connectivity index (χ0v) is 16.9. The van der Waals surface area contributed by atoms with Crippen molar-refractivity contribution in [1.29, 1.82) is 0 Å². The van der Waals surface area contributed by atoms with Crippen molar-refractivity contribution in [3.63, 3.8) is 0 Å². The fourth-order valence-electron chi connectivity index (χ4n) is 2.77. The third kappa shape index (κ3) is 10.3. The Bertz CT molecular complexity index is 584. The molecule has 0 saturated heterocycles. The average Bonchev–Trinajstić information content (AvgIpc) is 2.75. The van der Waals surface area contributed by atoms with Crippen LogP contribution in [0.5, 0.6) is 11.5 Å². The first-order chi connectivity index (χ1) is 14.3. The molecule has 0 fully saturated rings. The van der Waals surface area contributed by atoms with Crippen LogP contribution in [0.3, 0.4) is 0 Å². The van der Waals surface area contributed by atoms with Gasteiger partial charge in [-0.05, 0) is 54.7 Å². The minimum atomic E-state index is 0.0359. The summed E-state index contributed by atoms with van der Waals surface area (Å²) in [6, 6.07) is 16.3. The molecule has 0 amide bonds. The lowest BCUT2D eigenvalue weighted by Gasteiger charge is -2.09. The lowest BCUT2D eigenvalue weighted by Crippen LogP contribution is -2.09. The molecule has 0 heterocycles. The summed E-state index contributed by atoms with van der Waals surface area (Å²) in [4.78, 5) is 0. The zero-order chi connectivity index (χ0) is 20.6. The number of aliphatic hydroxyl groups is 2. The molecule has 6 heteroatoms. The molecule has 0 aromatic heterocycles. The molecule has 0 aliphatic carbocycles. The van der Waals surface area contributed by atoms with Crippen molar-refractivity contribution in [3.05, 3.63) is 59.7 Å². The smallest absolute Gasteiger partial charge is 0.119 e. The summed E-state index contributed by atoms with van der Waals surface area (Å²) in [5.41, 5.74) is 2.58. The van der Waals surface area contributed by atoms with E-state index in [1.807, 2.05) is 24.3 Å². The minimum absolute atomic E-state index is 0.0359. The summed E-state index contributed by atoms with van der Waals surface area (Å²) >= 11 is 0. The van der Waals surface area contributed by atoms with Crippen LogP contribution in [0.1, 0.15) is 17.5 Å². The molecular weight excluding hydrogens is 372 g/mol. The van der Waals surface area contributed by atoms with Crippen LogP contribution < -0.4 is 9.47 Å². The highest BCUT2D eigenvalue weighted by Crippen LogP contribution is 2.16. The van der Waals surface area contributed by atoms with E-state index < -0.39 is 0 Å². The lowest BCUT2D eigenvalue weighted by atomic mass is 10.0. The molecule has 0 unspecified atom stereocenters. The number of benzene rings is 2. The van der Waals surface area contributed by atoms with Crippen molar-refractivity contribution in [2.45, 2.75) is 19.3 Å². The van der Waals surface area contributed by atoms with Gasteiger partial charge in [0.25, 0.3) is 0 Å². The summed E-state index contributed by atoms with van der Waals surface area (Å²) in [6.45, 7) is 2.68. The van der Waals surface area contributed by atoms with E-state index in [1.54, 1.807) is 0 Å². The van der Waals surface area contributed by atoms with Crippen LogP contribution in [-0.2, 0) is 22.3 Å². The summed E-state index contributed by atoms with van der Waals surface area (Å²) in [5.74, 6) is 1.66. The number of aliphatic hydroxyl groups excluding tert-OH is 2. The molecule has 6 nitrogen and oxygen atoms in total. The van der Waals surface area contributed by atoms with Crippen molar-refractivity contribution < 1.29 is 29.2 Å². The van der Waals surface area contributed by atoms with Gasteiger partial charge in [0.2, 0.25) is 0 Å². The molecule has 0 bridgehead atoms. The molecule has 0 atom stereocenters. The Kier molecular flexibility index (Phi) is 11.8. The van der Waals surface area contributed by atoms with Gasteiger partial charge in [-0.15, -0.1) is 0 Å². The van der Waals surface area contributed by atoms with Crippen LogP contribution in [-0.4, -0.2) is 63.1 Å². The Labute approximate surface area is 173 Å². The van der Waals surface area contributed by atoms with E-state index in [-0.39, 0.29) is 13.2 Å². The monoisotopic (exact) mass is 404 g/mol. The SMILES string of the molecule is OCCOCCOc1ccc(CCCc2ccc(OCCOCCO)cc2)cc1. The van der Waals surface area contributed by atoms with E-state index in [0.717, 1.165) is 30.8 Å². The van der Waals surface area contributed by atoms with Gasteiger partial charge in [-0.3, -0.25) is 0 Å². The van der Waals surface area contributed by atoms with Crippen molar-refractivity contribution >= 4 is 0 Å². The number of aryl methyl sites for hydroxylation is 2. The Morgan fingerprint density at radius 2 is 0.931 bits per heavy atom. The van der Waals surface area contributed by atoms with Gasteiger partial charge in [0.15, 0.2) is 0 Å². The third-order valence-electron chi connectivity index (χ3n) is 4.24. The predicted molar refractivity (Wildman–Crippen MR) is 112 cm³/mol. The van der Waals surface area contributed by atoms with E-state index in [2.05, 4.69) is 24.3 Å². The summed E-state index contributed by atoms with van der Waals surface area (Å²) in [6.07, 6.45) is 3.10. The maximum absolute atomic E-state index is 8.64. The van der Waals surface area contributed by atoms with Gasteiger partial charge < -0.3 is 29.2 Å². The molecule has 0 saturated carbocycles. The van der Waals surface area contributed by atoms with E-state index >= 15 is 0 Å². The van der Waals surface area contributed by atoms with Crippen molar-refractivity contribution in [3.8, 4) is 11.5 Å². The number of hydrogen-bond acceptors (Lipinski definition) is 6. The lowest BCUT2D eigenvalue weighted by molar-refractivity contribution is 0.0705. The largest absolute Gasteiger partial charge is 0.491 e. The normalized spacial score (nSPS) is 10.8. The predicted octanol–water partition coefficient (Wildman–Crippen LogP) is 2.64. The van der Waals surface area contributed by atoms with E-state index in [1.165, 1.54) is 11.1 Å². The third-order valence-corrected chi connectivity index (χ3v) is 4.24. The Morgan fingerprint density at radius 3 is 1.31 bits per heavy atom. The first-order valence-electron chi connectivity index (χ1n) is 10.1. The first-order valence-corrected chi connectivity index (χ1v) is 10.1. The summed E-state index contributed by atoms with van der Waals surface area (Å²) in [7, 11) is 0. The summed E-state index contributed by atoms with van der Waals surface area (Å²) < 4.78 is 21.5. The fourth-order valence-corrected chi connectivity index (χ4v) is 2.77. The zero-order valence-electron chi connectivity index (χ0n) is 16.9. The molecule has 29 heavy (non-hydrogen) atoms. The van der Waals surface area contributed by atoms with Crippen LogP contribution >= 0.6 is 0 Å². The molecule has 2 aromatic carbocycles. The van der Waals surface area contributed by atoms with Gasteiger partial charge in [0.05, 0.1) is 39.6 Å². The quantitative estimate of drug-likeness (QED) is 0.419. The fraction of sp³-hybridized carbons (Fsp3) is 0.478. The molecule has 2 N–H and O–H groups in total. The van der Waals surface area contributed by atoms with Crippen LogP contribution in [0.4, 0.5) is 0 Å². The average molecular weight is 405 g/mol. The maximum atomic E-state index is 8.64. The molecule has 0 radical (unpaired) electrons. The van der Waals surface area contributed by atoms with Gasteiger partial charge in [-0.2, -0.15) is 0 Å². The topological polar surface area (TPSA) is 77.4 Å². The Hall–Kier alpha value is -2.12. The molecule has 160 valence electrons. The van der Waals surface area contributed by atoms with Gasteiger partial charge in [-0.1, -0.05) is 24.3 Å². The highest BCUT2D eigenvalue weighted by atomic mass is 16.5. The minimum Gasteiger partial charge on any atom is -0.491 e. The summed E-state index contributed by atoms with van der Waals surface area (Å²) in [5, 5.41) is 17.3. The Morgan fingerprint density at radius 1 is 0.517 bits per heavy atom. The van der Waals surface area contributed by atoms with Crippen molar-refractivity contribution in [1.82, 2.24) is 0 Å². The molecule has 0 aliphatic rings. The van der Waals surface area contributed by atoms with E-state index in [0.29, 0.717) is 39.6 Å². The van der Waals surface area contributed by atoms with Crippen molar-refractivity contribution in [2.24, 2.45) is 0 Å². The highest BCUT2D eigenvalue weighted by Gasteiger charge is 2.00. The first kappa shape index (κ1) is 23.2. The standard InChI is InChI=1S/C23H32O6/c24-12-14-26-16-18-28-22-8-4-20(5-9-22)2-1-3-21-6-10-23(11-7-21)29-19-17-27-15-13-25/h4-11,24-25H,1-3,12-19H2. The highest BCUT2D eigenvalue weighted by molar-refractivity contribution is 5.29. The van der Waals surface area contributed by atoms with Gasteiger partial charge in [0.1, 0.15) is 24.7 Å².